The summed E-state index contributed by atoms with van der Waals surface area (Å²) in [5.41, 5.74) is -0.320. The van der Waals surface area contributed by atoms with Crippen LogP contribution in [0.4, 0.5) is 5.69 Å². The Hall–Kier alpha value is -1.92. The van der Waals surface area contributed by atoms with E-state index in [-0.39, 0.29) is 11.4 Å². The molecular formula is C13H15NO5. The lowest BCUT2D eigenvalue weighted by Gasteiger charge is -2.35. The maximum Gasteiger partial charge on any atom is 0.311 e. The molecule has 0 fully saturated rings. The number of ether oxygens (including phenoxy) is 3. The average molecular weight is 265 g/mol. The van der Waals surface area contributed by atoms with Crippen molar-refractivity contribution in [2.45, 2.75) is 18.8 Å². The summed E-state index contributed by atoms with van der Waals surface area (Å²) in [7, 11) is 2.98. The van der Waals surface area contributed by atoms with E-state index in [9.17, 15) is 10.1 Å². The number of methoxy groups -OCH3 is 2. The Morgan fingerprint density at radius 1 is 1.37 bits per heavy atom. The minimum atomic E-state index is -0.914. The summed E-state index contributed by atoms with van der Waals surface area (Å²) in [5, 5.41) is 11.0. The van der Waals surface area contributed by atoms with Crippen LogP contribution in [0.3, 0.4) is 0 Å². The van der Waals surface area contributed by atoms with Crippen LogP contribution in [0.2, 0.25) is 0 Å². The van der Waals surface area contributed by atoms with Crippen molar-refractivity contribution in [2.24, 2.45) is 0 Å². The molecule has 0 unspecified atom stereocenters. The Morgan fingerprint density at radius 2 is 2.05 bits per heavy atom. The van der Waals surface area contributed by atoms with Gasteiger partial charge in [-0.15, -0.1) is 0 Å². The van der Waals surface area contributed by atoms with Crippen LogP contribution in [0.25, 0.3) is 6.08 Å². The van der Waals surface area contributed by atoms with Crippen molar-refractivity contribution in [3.63, 3.8) is 0 Å². The lowest BCUT2D eigenvalue weighted by molar-refractivity contribution is -0.386. The van der Waals surface area contributed by atoms with E-state index >= 15 is 0 Å². The fraction of sp³-hybridized carbons (Fsp3) is 0.385. The Bertz CT molecular complexity index is 524. The summed E-state index contributed by atoms with van der Waals surface area (Å²) in [6, 6.07) is 4.79. The normalized spacial score (nSPS) is 21.1. The molecule has 1 atom stereocenters. The summed E-state index contributed by atoms with van der Waals surface area (Å²) in [6.45, 7) is 1.75. The van der Waals surface area contributed by atoms with Gasteiger partial charge in [-0.25, -0.2) is 0 Å². The van der Waals surface area contributed by atoms with E-state index in [0.29, 0.717) is 5.56 Å². The third-order valence-electron chi connectivity index (χ3n) is 3.03. The van der Waals surface area contributed by atoms with Gasteiger partial charge in [0.1, 0.15) is 0 Å². The smallest absolute Gasteiger partial charge is 0.311 e. The molecule has 6 nitrogen and oxygen atoms in total. The molecule has 6 heteroatoms. The fourth-order valence-corrected chi connectivity index (χ4v) is 2.13. The van der Waals surface area contributed by atoms with E-state index in [2.05, 4.69) is 0 Å². The molecule has 19 heavy (non-hydrogen) atoms. The quantitative estimate of drug-likeness (QED) is 0.475. The van der Waals surface area contributed by atoms with Crippen molar-refractivity contribution in [3.05, 3.63) is 40.0 Å². The molecule has 2 rings (SSSR count). The van der Waals surface area contributed by atoms with Gasteiger partial charge < -0.3 is 14.2 Å². The van der Waals surface area contributed by atoms with Gasteiger partial charge in [-0.2, -0.15) is 0 Å². The predicted octanol–water partition coefficient (Wildman–Crippen LogP) is 2.38. The van der Waals surface area contributed by atoms with Gasteiger partial charge in [-0.05, 0) is 13.0 Å². The van der Waals surface area contributed by atoms with Crippen molar-refractivity contribution in [1.29, 1.82) is 0 Å². The number of hydrogen-bond acceptors (Lipinski definition) is 5. The number of hydrogen-bond donors (Lipinski definition) is 0. The monoisotopic (exact) mass is 265 g/mol. The summed E-state index contributed by atoms with van der Waals surface area (Å²) < 4.78 is 16.2. The largest absolute Gasteiger partial charge is 0.470 e. The van der Waals surface area contributed by atoms with E-state index in [4.69, 9.17) is 14.2 Å². The Kier molecular flexibility index (Phi) is 3.55. The molecule has 0 radical (unpaired) electrons. The second-order valence-electron chi connectivity index (χ2n) is 4.38. The summed E-state index contributed by atoms with van der Waals surface area (Å²) >= 11 is 0. The van der Waals surface area contributed by atoms with Crippen LogP contribution in [0.15, 0.2) is 24.3 Å². The molecule has 1 heterocycles. The zero-order chi connectivity index (χ0) is 14.0. The molecule has 1 aliphatic rings. The van der Waals surface area contributed by atoms with Gasteiger partial charge in [0.25, 0.3) is 0 Å². The number of fused-ring (bicyclic) bond motifs is 1. The van der Waals surface area contributed by atoms with E-state index < -0.39 is 16.8 Å². The number of nitrogens with zero attached hydrogens (tertiary/aromatic N) is 1. The standard InChI is InChI=1S/C13H15NO5/c1-13(12(17-2)18-3)8-7-9-5-4-6-10(14(15)16)11(9)19-13/h4-8,12H,1-3H3/t13-/m0/s1. The number of benzene rings is 1. The van der Waals surface area contributed by atoms with Crippen LogP contribution >= 0.6 is 0 Å². The van der Waals surface area contributed by atoms with Gasteiger partial charge in [0, 0.05) is 25.8 Å². The first kappa shape index (κ1) is 13.5. The average Bonchev–Trinajstić information content (AvgIpc) is 2.38. The Labute approximate surface area is 110 Å². The molecule has 1 aromatic rings. The molecule has 0 bridgehead atoms. The highest BCUT2D eigenvalue weighted by molar-refractivity contribution is 5.67. The minimum absolute atomic E-state index is 0.0703. The third kappa shape index (κ3) is 2.32. The van der Waals surface area contributed by atoms with Crippen molar-refractivity contribution in [1.82, 2.24) is 0 Å². The molecule has 0 amide bonds. The van der Waals surface area contributed by atoms with E-state index in [1.807, 2.05) is 0 Å². The van der Waals surface area contributed by atoms with Gasteiger partial charge in [0.05, 0.1) is 4.92 Å². The molecular weight excluding hydrogens is 250 g/mol. The first-order valence-electron chi connectivity index (χ1n) is 5.73. The Balaban J connectivity index is 2.45. The van der Waals surface area contributed by atoms with Gasteiger partial charge in [0.15, 0.2) is 5.60 Å². The van der Waals surface area contributed by atoms with Crippen molar-refractivity contribution in [2.75, 3.05) is 14.2 Å². The highest BCUT2D eigenvalue weighted by atomic mass is 16.7. The van der Waals surface area contributed by atoms with E-state index in [0.717, 1.165) is 0 Å². The first-order valence-corrected chi connectivity index (χ1v) is 5.73. The molecule has 1 aliphatic heterocycles. The third-order valence-corrected chi connectivity index (χ3v) is 3.03. The summed E-state index contributed by atoms with van der Waals surface area (Å²) in [6.07, 6.45) is 2.89. The zero-order valence-corrected chi connectivity index (χ0v) is 11.0. The lowest BCUT2D eigenvalue weighted by atomic mass is 9.99. The van der Waals surface area contributed by atoms with Crippen LogP contribution in [-0.4, -0.2) is 31.0 Å². The molecule has 102 valence electrons. The second kappa shape index (κ2) is 4.99. The van der Waals surface area contributed by atoms with Gasteiger partial charge >= 0.3 is 5.69 Å². The lowest BCUT2D eigenvalue weighted by Crippen LogP contribution is -2.46. The maximum atomic E-state index is 11.0. The van der Waals surface area contributed by atoms with Crippen molar-refractivity contribution in [3.8, 4) is 5.75 Å². The van der Waals surface area contributed by atoms with Crippen molar-refractivity contribution >= 4 is 11.8 Å². The molecule has 0 N–H and O–H groups in total. The van der Waals surface area contributed by atoms with Crippen molar-refractivity contribution < 1.29 is 19.1 Å². The topological polar surface area (TPSA) is 70.8 Å². The van der Waals surface area contributed by atoms with E-state index in [1.54, 1.807) is 31.2 Å². The summed E-state index contributed by atoms with van der Waals surface area (Å²) in [5.74, 6) is 0.233. The van der Waals surface area contributed by atoms with Gasteiger partial charge in [-0.3, -0.25) is 10.1 Å². The van der Waals surface area contributed by atoms with Gasteiger partial charge in [0.2, 0.25) is 12.0 Å². The highest BCUT2D eigenvalue weighted by Crippen LogP contribution is 2.39. The maximum absolute atomic E-state index is 11.0. The first-order chi connectivity index (χ1) is 9.01. The molecule has 0 aromatic heterocycles. The fourth-order valence-electron chi connectivity index (χ4n) is 2.13. The molecule has 1 aromatic carbocycles. The molecule has 0 spiro atoms. The second-order valence-corrected chi connectivity index (χ2v) is 4.38. The SMILES string of the molecule is COC(OC)[C@]1(C)C=Cc2cccc([N+](=O)[O-])c2O1. The van der Waals surface area contributed by atoms with Crippen LogP contribution < -0.4 is 4.74 Å². The van der Waals surface area contributed by atoms with Crippen LogP contribution in [0.5, 0.6) is 5.75 Å². The predicted molar refractivity (Wildman–Crippen MR) is 69.0 cm³/mol. The molecule has 0 aliphatic carbocycles. The zero-order valence-electron chi connectivity index (χ0n) is 11.0. The molecule has 0 saturated heterocycles. The highest BCUT2D eigenvalue weighted by Gasteiger charge is 2.39. The van der Waals surface area contributed by atoms with Crippen LogP contribution in [0, 0.1) is 10.1 Å². The molecule has 0 saturated carbocycles. The number of nitro benzene ring substituents is 1. The summed E-state index contributed by atoms with van der Waals surface area (Å²) in [4.78, 5) is 10.6. The number of nitro groups is 1. The van der Waals surface area contributed by atoms with Crippen LogP contribution in [0.1, 0.15) is 12.5 Å². The minimum Gasteiger partial charge on any atom is -0.470 e. The number of para-hydroxylation sites is 1. The van der Waals surface area contributed by atoms with Gasteiger partial charge in [-0.1, -0.05) is 18.2 Å². The van der Waals surface area contributed by atoms with Crippen LogP contribution in [-0.2, 0) is 9.47 Å². The number of rotatable bonds is 4. The van der Waals surface area contributed by atoms with E-state index in [1.165, 1.54) is 20.3 Å². The Morgan fingerprint density at radius 3 is 2.63 bits per heavy atom.